The molecule has 0 heterocycles. The topological polar surface area (TPSA) is 92.4 Å². The Kier molecular flexibility index (Phi) is 6.12. The van der Waals surface area contributed by atoms with Crippen molar-refractivity contribution in [2.75, 3.05) is 6.54 Å². The molecule has 1 saturated carbocycles. The van der Waals surface area contributed by atoms with Gasteiger partial charge in [-0.25, -0.2) is 0 Å². The van der Waals surface area contributed by atoms with Gasteiger partial charge in [-0.3, -0.25) is 9.59 Å². The number of amides is 1. The molecule has 18 heavy (non-hydrogen) atoms. The van der Waals surface area contributed by atoms with E-state index in [0.717, 1.165) is 19.3 Å². The van der Waals surface area contributed by atoms with Crippen molar-refractivity contribution in [2.24, 2.45) is 17.6 Å². The zero-order chi connectivity index (χ0) is 13.5. The molecular formula is C13H24N2O3. The van der Waals surface area contributed by atoms with Crippen LogP contribution in [0.2, 0.25) is 0 Å². The van der Waals surface area contributed by atoms with E-state index >= 15 is 0 Å². The van der Waals surface area contributed by atoms with Crippen molar-refractivity contribution >= 4 is 11.9 Å². The fourth-order valence-corrected chi connectivity index (χ4v) is 2.28. The van der Waals surface area contributed by atoms with Gasteiger partial charge in [-0.05, 0) is 44.6 Å². The molecule has 5 heteroatoms. The first-order valence-electron chi connectivity index (χ1n) is 6.75. The summed E-state index contributed by atoms with van der Waals surface area (Å²) in [6.07, 6.45) is 4.20. The average Bonchev–Trinajstić information content (AvgIpc) is 2.36. The first-order chi connectivity index (χ1) is 8.52. The number of nitrogens with two attached hydrogens (primary N) is 1. The maximum absolute atomic E-state index is 11.7. The van der Waals surface area contributed by atoms with E-state index < -0.39 is 5.97 Å². The molecule has 4 N–H and O–H groups in total. The Bertz CT molecular complexity index is 286. The van der Waals surface area contributed by atoms with Gasteiger partial charge in [-0.15, -0.1) is 0 Å². The molecule has 1 amide bonds. The molecule has 1 aliphatic carbocycles. The molecule has 5 nitrogen and oxygen atoms in total. The lowest BCUT2D eigenvalue weighted by atomic mass is 9.86. The highest BCUT2D eigenvalue weighted by Gasteiger charge is 2.26. The predicted molar refractivity (Wildman–Crippen MR) is 69.0 cm³/mol. The lowest BCUT2D eigenvalue weighted by Crippen LogP contribution is -2.38. The van der Waals surface area contributed by atoms with E-state index in [1.54, 1.807) is 0 Å². The van der Waals surface area contributed by atoms with Crippen molar-refractivity contribution in [1.29, 1.82) is 0 Å². The molecule has 0 aromatic rings. The summed E-state index contributed by atoms with van der Waals surface area (Å²) in [4.78, 5) is 22.5. The number of carboxylic acids is 1. The molecule has 1 atom stereocenters. The number of rotatable bonds is 6. The number of hydrogen-bond acceptors (Lipinski definition) is 3. The highest BCUT2D eigenvalue weighted by atomic mass is 16.4. The van der Waals surface area contributed by atoms with Gasteiger partial charge in [-0.2, -0.15) is 0 Å². The van der Waals surface area contributed by atoms with Crippen LogP contribution in [-0.4, -0.2) is 29.6 Å². The minimum Gasteiger partial charge on any atom is -0.481 e. The third-order valence-electron chi connectivity index (χ3n) is 3.71. The van der Waals surface area contributed by atoms with E-state index in [1.165, 1.54) is 0 Å². The molecular weight excluding hydrogens is 232 g/mol. The lowest BCUT2D eigenvalue weighted by Gasteiger charge is -2.27. The lowest BCUT2D eigenvalue weighted by molar-refractivity contribution is -0.142. The Hall–Kier alpha value is -1.10. The maximum Gasteiger partial charge on any atom is 0.306 e. The first kappa shape index (κ1) is 15.0. The highest BCUT2D eigenvalue weighted by molar-refractivity contribution is 5.76. The Morgan fingerprint density at radius 2 is 1.94 bits per heavy atom. The minimum absolute atomic E-state index is 0.0640. The van der Waals surface area contributed by atoms with Crippen LogP contribution >= 0.6 is 0 Å². The molecule has 0 saturated heterocycles. The second-order valence-corrected chi connectivity index (χ2v) is 5.33. The zero-order valence-electron chi connectivity index (χ0n) is 11.0. The van der Waals surface area contributed by atoms with Gasteiger partial charge in [0.2, 0.25) is 5.91 Å². The van der Waals surface area contributed by atoms with Gasteiger partial charge in [0.25, 0.3) is 0 Å². The van der Waals surface area contributed by atoms with Crippen molar-refractivity contribution < 1.29 is 14.7 Å². The van der Waals surface area contributed by atoms with E-state index in [4.69, 9.17) is 10.8 Å². The molecule has 104 valence electrons. The number of nitrogens with one attached hydrogen (secondary N) is 1. The minimum atomic E-state index is -0.712. The number of aliphatic carboxylic acids is 1. The number of carbonyl (C=O) groups is 2. The fourth-order valence-electron chi connectivity index (χ4n) is 2.28. The van der Waals surface area contributed by atoms with Crippen LogP contribution in [0.3, 0.4) is 0 Å². The Balaban J connectivity index is 2.20. The van der Waals surface area contributed by atoms with E-state index in [9.17, 15) is 9.59 Å². The Morgan fingerprint density at radius 3 is 2.44 bits per heavy atom. The van der Waals surface area contributed by atoms with Gasteiger partial charge < -0.3 is 16.2 Å². The van der Waals surface area contributed by atoms with Gasteiger partial charge in [0.1, 0.15) is 0 Å². The van der Waals surface area contributed by atoms with Gasteiger partial charge in [0, 0.05) is 12.5 Å². The van der Waals surface area contributed by atoms with Crippen LogP contribution < -0.4 is 11.1 Å². The van der Waals surface area contributed by atoms with Gasteiger partial charge in [0.15, 0.2) is 0 Å². The maximum atomic E-state index is 11.7. The summed E-state index contributed by atoms with van der Waals surface area (Å²) in [7, 11) is 0. The molecule has 1 rings (SSSR count). The van der Waals surface area contributed by atoms with Gasteiger partial charge >= 0.3 is 5.97 Å². The summed E-state index contributed by atoms with van der Waals surface area (Å²) < 4.78 is 0. The monoisotopic (exact) mass is 256 g/mol. The number of hydrogen-bond donors (Lipinski definition) is 3. The quantitative estimate of drug-likeness (QED) is 0.664. The fraction of sp³-hybridized carbons (Fsp3) is 0.846. The molecule has 0 spiro atoms. The van der Waals surface area contributed by atoms with Crippen LogP contribution in [0.25, 0.3) is 0 Å². The highest BCUT2D eigenvalue weighted by Crippen LogP contribution is 2.24. The average molecular weight is 256 g/mol. The first-order valence-corrected chi connectivity index (χ1v) is 6.75. The predicted octanol–water partition coefficient (Wildman–Crippen LogP) is 1.12. The Morgan fingerprint density at radius 1 is 1.33 bits per heavy atom. The molecule has 1 fully saturated rings. The van der Waals surface area contributed by atoms with Crippen LogP contribution in [0.4, 0.5) is 0 Å². The van der Waals surface area contributed by atoms with Crippen molar-refractivity contribution in [2.45, 2.75) is 51.5 Å². The van der Waals surface area contributed by atoms with E-state index in [2.05, 4.69) is 5.32 Å². The third kappa shape index (κ3) is 5.04. The van der Waals surface area contributed by atoms with Gasteiger partial charge in [-0.1, -0.05) is 6.92 Å². The van der Waals surface area contributed by atoms with Crippen LogP contribution in [0.5, 0.6) is 0 Å². The molecule has 0 aromatic carbocycles. The van der Waals surface area contributed by atoms with Crippen molar-refractivity contribution in [3.8, 4) is 0 Å². The van der Waals surface area contributed by atoms with E-state index in [0.29, 0.717) is 31.7 Å². The molecule has 1 aliphatic rings. The number of carbonyl (C=O) groups excluding carboxylic acids is 1. The SMILES string of the molecule is CC(CN)CCC(=O)NC1CCC(C(=O)O)CC1. The smallest absolute Gasteiger partial charge is 0.306 e. The third-order valence-corrected chi connectivity index (χ3v) is 3.71. The standard InChI is InChI=1S/C13H24N2O3/c1-9(8-14)2-7-12(16)15-11-5-3-10(4-6-11)13(17)18/h9-11H,2-8,14H2,1H3,(H,15,16)(H,17,18). The summed E-state index contributed by atoms with van der Waals surface area (Å²) in [5.41, 5.74) is 5.50. The van der Waals surface area contributed by atoms with E-state index in [-0.39, 0.29) is 17.9 Å². The van der Waals surface area contributed by atoms with Gasteiger partial charge in [0.05, 0.1) is 5.92 Å². The van der Waals surface area contributed by atoms with E-state index in [1.807, 2.05) is 6.92 Å². The normalized spacial score (nSPS) is 25.4. The van der Waals surface area contributed by atoms with Crippen molar-refractivity contribution in [3.05, 3.63) is 0 Å². The van der Waals surface area contributed by atoms with Crippen LogP contribution in [0.1, 0.15) is 45.4 Å². The van der Waals surface area contributed by atoms with Crippen molar-refractivity contribution in [1.82, 2.24) is 5.32 Å². The van der Waals surface area contributed by atoms with Crippen LogP contribution in [0, 0.1) is 11.8 Å². The summed E-state index contributed by atoms with van der Waals surface area (Å²) in [6.45, 7) is 2.64. The summed E-state index contributed by atoms with van der Waals surface area (Å²) >= 11 is 0. The Labute approximate surface area is 108 Å². The van der Waals surface area contributed by atoms with Crippen LogP contribution in [-0.2, 0) is 9.59 Å². The largest absolute Gasteiger partial charge is 0.481 e. The summed E-state index contributed by atoms with van der Waals surface area (Å²) in [6, 6.07) is 0.154. The molecule has 0 radical (unpaired) electrons. The summed E-state index contributed by atoms with van der Waals surface area (Å²) in [5, 5.41) is 11.9. The van der Waals surface area contributed by atoms with Crippen molar-refractivity contribution in [3.63, 3.8) is 0 Å². The molecule has 1 unspecified atom stereocenters. The second kappa shape index (κ2) is 7.36. The number of carboxylic acid groups (broad SMARTS) is 1. The van der Waals surface area contributed by atoms with Crippen LogP contribution in [0.15, 0.2) is 0 Å². The molecule has 0 aliphatic heterocycles. The summed E-state index contributed by atoms with van der Waals surface area (Å²) in [5.74, 6) is -0.500. The molecule has 0 aromatic heterocycles. The zero-order valence-corrected chi connectivity index (χ0v) is 11.0. The second-order valence-electron chi connectivity index (χ2n) is 5.33. The molecule has 0 bridgehead atoms.